The van der Waals surface area contributed by atoms with Gasteiger partial charge in [-0.3, -0.25) is 4.79 Å². The van der Waals surface area contributed by atoms with Crippen LogP contribution in [0.3, 0.4) is 0 Å². The molecule has 3 rings (SSSR count). The second-order valence-corrected chi connectivity index (χ2v) is 4.73. The first-order valence-corrected chi connectivity index (χ1v) is 6.48. The Hall–Kier alpha value is -2.17. The molecule has 5 heteroatoms. The van der Waals surface area contributed by atoms with Crippen LogP contribution >= 0.6 is 0 Å². The number of carbonyl (C=O) groups is 1. The van der Waals surface area contributed by atoms with Crippen LogP contribution in [0.25, 0.3) is 0 Å². The van der Waals surface area contributed by atoms with Crippen LogP contribution in [0.4, 0.5) is 0 Å². The maximum Gasteiger partial charge on any atom is 0.309 e. The van der Waals surface area contributed by atoms with Crippen LogP contribution in [0.1, 0.15) is 35.0 Å². The van der Waals surface area contributed by atoms with Crippen molar-refractivity contribution in [3.05, 3.63) is 47.7 Å². The second-order valence-electron chi connectivity index (χ2n) is 4.73. The van der Waals surface area contributed by atoms with Crippen LogP contribution in [0.2, 0.25) is 0 Å². The summed E-state index contributed by atoms with van der Waals surface area (Å²) in [6.07, 6.45) is 3.56. The van der Waals surface area contributed by atoms with Crippen LogP contribution in [0.5, 0.6) is 0 Å². The maximum atomic E-state index is 11.7. The van der Waals surface area contributed by atoms with Crippen molar-refractivity contribution in [2.75, 3.05) is 0 Å². The van der Waals surface area contributed by atoms with Gasteiger partial charge in [0, 0.05) is 12.5 Å². The highest BCUT2D eigenvalue weighted by molar-refractivity contribution is 5.89. The third kappa shape index (κ3) is 3.19. The Kier molecular flexibility index (Phi) is 3.27. The number of hydrogen-bond donors (Lipinski definition) is 1. The van der Waals surface area contributed by atoms with E-state index in [0.29, 0.717) is 18.4 Å². The number of rotatable bonds is 5. The lowest BCUT2D eigenvalue weighted by molar-refractivity contribution is 0.0914. The van der Waals surface area contributed by atoms with Gasteiger partial charge in [-0.05, 0) is 24.8 Å². The fourth-order valence-electron chi connectivity index (χ4n) is 1.82. The van der Waals surface area contributed by atoms with Crippen molar-refractivity contribution >= 4 is 5.91 Å². The van der Waals surface area contributed by atoms with Crippen molar-refractivity contribution in [3.8, 4) is 0 Å². The molecule has 1 amide bonds. The predicted molar refractivity (Wildman–Crippen MR) is 68.6 cm³/mol. The molecule has 0 bridgehead atoms. The van der Waals surface area contributed by atoms with E-state index in [2.05, 4.69) is 27.6 Å². The van der Waals surface area contributed by atoms with Gasteiger partial charge in [0.25, 0.3) is 0 Å². The van der Waals surface area contributed by atoms with Crippen molar-refractivity contribution in [2.24, 2.45) is 0 Å². The fraction of sp³-hybridized carbons (Fsp3) is 0.357. The van der Waals surface area contributed by atoms with E-state index < -0.39 is 0 Å². The van der Waals surface area contributed by atoms with E-state index in [1.807, 2.05) is 18.2 Å². The molecule has 1 aromatic heterocycles. The summed E-state index contributed by atoms with van der Waals surface area (Å²) >= 11 is 0. The summed E-state index contributed by atoms with van der Waals surface area (Å²) in [6.45, 7) is 0. The number of aromatic nitrogens is 2. The minimum Gasteiger partial charge on any atom is -0.417 e. The van der Waals surface area contributed by atoms with E-state index in [1.54, 1.807) is 0 Å². The summed E-state index contributed by atoms with van der Waals surface area (Å²) in [5, 5.41) is 10.5. The minimum atomic E-state index is -0.263. The van der Waals surface area contributed by atoms with Gasteiger partial charge < -0.3 is 9.73 Å². The van der Waals surface area contributed by atoms with Gasteiger partial charge >= 0.3 is 11.8 Å². The van der Waals surface area contributed by atoms with Gasteiger partial charge in [0.2, 0.25) is 5.89 Å². The zero-order chi connectivity index (χ0) is 13.1. The highest BCUT2D eigenvalue weighted by atomic mass is 16.4. The first kappa shape index (κ1) is 11.9. The van der Waals surface area contributed by atoms with E-state index in [-0.39, 0.29) is 11.8 Å². The van der Waals surface area contributed by atoms with Crippen molar-refractivity contribution in [3.63, 3.8) is 0 Å². The standard InChI is InChI=1S/C14H15N3O2/c18-13(15-11-7-8-11)14-17-16-12(19-14)9-6-10-4-2-1-3-5-10/h1-5,11H,6-9H2,(H,15,18). The monoisotopic (exact) mass is 257 g/mol. The highest BCUT2D eigenvalue weighted by Gasteiger charge is 2.26. The Bertz CT molecular complexity index is 561. The summed E-state index contributed by atoms with van der Waals surface area (Å²) in [4.78, 5) is 11.7. The Morgan fingerprint density at radius 2 is 2.00 bits per heavy atom. The minimum absolute atomic E-state index is 0.0648. The molecule has 0 unspecified atom stereocenters. The van der Waals surface area contributed by atoms with Crippen molar-refractivity contribution in [1.29, 1.82) is 0 Å². The molecule has 0 spiro atoms. The molecule has 1 heterocycles. The number of amides is 1. The largest absolute Gasteiger partial charge is 0.417 e. The topological polar surface area (TPSA) is 68.0 Å². The molecule has 2 aromatic rings. The molecule has 0 aliphatic heterocycles. The average Bonchev–Trinajstić information content (AvgIpc) is 3.12. The number of aryl methyl sites for hydroxylation is 2. The van der Waals surface area contributed by atoms with Gasteiger partial charge in [-0.15, -0.1) is 10.2 Å². The Balaban J connectivity index is 1.57. The molecule has 1 fully saturated rings. The summed E-state index contributed by atoms with van der Waals surface area (Å²) < 4.78 is 5.36. The smallest absolute Gasteiger partial charge is 0.309 e. The van der Waals surface area contributed by atoms with Gasteiger partial charge in [0.05, 0.1) is 0 Å². The summed E-state index contributed by atoms with van der Waals surface area (Å²) in [5.74, 6) is 0.306. The van der Waals surface area contributed by atoms with Crippen LogP contribution in [0, 0.1) is 0 Å². The number of nitrogens with zero attached hydrogens (tertiary/aromatic N) is 2. The molecule has 1 N–H and O–H groups in total. The maximum absolute atomic E-state index is 11.7. The number of hydrogen-bond acceptors (Lipinski definition) is 4. The van der Waals surface area contributed by atoms with E-state index in [9.17, 15) is 4.79 Å². The molecule has 5 nitrogen and oxygen atoms in total. The third-order valence-electron chi connectivity index (χ3n) is 3.04. The molecular formula is C14H15N3O2. The lowest BCUT2D eigenvalue weighted by Gasteiger charge is -1.98. The Morgan fingerprint density at radius 3 is 2.74 bits per heavy atom. The molecule has 0 saturated heterocycles. The third-order valence-corrected chi connectivity index (χ3v) is 3.04. The zero-order valence-corrected chi connectivity index (χ0v) is 10.5. The SMILES string of the molecule is O=C(NC1CC1)c1nnc(CCc2ccccc2)o1. The molecule has 1 saturated carbocycles. The molecule has 19 heavy (non-hydrogen) atoms. The predicted octanol–water partition coefficient (Wildman–Crippen LogP) is 1.75. The molecule has 98 valence electrons. The van der Waals surface area contributed by atoms with Crippen molar-refractivity contribution in [1.82, 2.24) is 15.5 Å². The number of carbonyl (C=O) groups excluding carboxylic acids is 1. The van der Waals surface area contributed by atoms with E-state index in [1.165, 1.54) is 5.56 Å². The van der Waals surface area contributed by atoms with Crippen molar-refractivity contribution in [2.45, 2.75) is 31.7 Å². The molecule has 0 atom stereocenters. The summed E-state index contributed by atoms with van der Waals surface area (Å²) in [6, 6.07) is 10.4. The number of nitrogens with one attached hydrogen (secondary N) is 1. The Morgan fingerprint density at radius 1 is 1.21 bits per heavy atom. The van der Waals surface area contributed by atoms with Gasteiger partial charge in [-0.1, -0.05) is 30.3 Å². The first-order valence-electron chi connectivity index (χ1n) is 6.48. The number of benzene rings is 1. The van der Waals surface area contributed by atoms with Crippen LogP contribution in [-0.2, 0) is 12.8 Å². The molecular weight excluding hydrogens is 242 g/mol. The van der Waals surface area contributed by atoms with Crippen LogP contribution in [-0.4, -0.2) is 22.1 Å². The van der Waals surface area contributed by atoms with E-state index in [0.717, 1.165) is 19.3 Å². The van der Waals surface area contributed by atoms with Gasteiger partial charge in [0.1, 0.15) is 0 Å². The zero-order valence-electron chi connectivity index (χ0n) is 10.5. The van der Waals surface area contributed by atoms with Gasteiger partial charge in [-0.2, -0.15) is 0 Å². The first-order chi connectivity index (χ1) is 9.31. The van der Waals surface area contributed by atoms with Crippen LogP contribution in [0.15, 0.2) is 34.7 Å². The normalized spacial score (nSPS) is 14.3. The quantitative estimate of drug-likeness (QED) is 0.886. The van der Waals surface area contributed by atoms with E-state index >= 15 is 0 Å². The summed E-state index contributed by atoms with van der Waals surface area (Å²) in [7, 11) is 0. The molecule has 1 aromatic carbocycles. The lowest BCUT2D eigenvalue weighted by Crippen LogP contribution is -2.25. The molecule has 1 aliphatic carbocycles. The van der Waals surface area contributed by atoms with Crippen LogP contribution < -0.4 is 5.32 Å². The Labute approximate surface area is 111 Å². The molecule has 0 radical (unpaired) electrons. The summed E-state index contributed by atoms with van der Waals surface area (Å²) in [5.41, 5.74) is 1.21. The second kappa shape index (κ2) is 5.22. The fourth-order valence-corrected chi connectivity index (χ4v) is 1.82. The highest BCUT2D eigenvalue weighted by Crippen LogP contribution is 2.19. The van der Waals surface area contributed by atoms with Gasteiger partial charge in [0.15, 0.2) is 0 Å². The molecule has 1 aliphatic rings. The lowest BCUT2D eigenvalue weighted by atomic mass is 10.1. The van der Waals surface area contributed by atoms with Gasteiger partial charge in [-0.25, -0.2) is 0 Å². The van der Waals surface area contributed by atoms with Crippen molar-refractivity contribution < 1.29 is 9.21 Å². The van der Waals surface area contributed by atoms with E-state index in [4.69, 9.17) is 4.42 Å². The average molecular weight is 257 g/mol.